The maximum Gasteiger partial charge on any atom is 0.244 e. The van der Waals surface area contributed by atoms with Crippen LogP contribution in [0, 0.1) is 6.92 Å². The Bertz CT molecular complexity index is 629. The van der Waals surface area contributed by atoms with Gasteiger partial charge in [-0.1, -0.05) is 24.3 Å². The standard InChI is InChI=1S/C17H21N3O/c1-13-6-4-5-7-16(13)14(2)10-17(21)19-15(3)11-20-9-8-18-12-20/h4-10,12,15H,11H2,1-3H3,(H,19,21)/b14-10+/t15-/m1/s1. The summed E-state index contributed by atoms with van der Waals surface area (Å²) in [6, 6.07) is 8.11. The van der Waals surface area contributed by atoms with Crippen molar-refractivity contribution in [2.45, 2.75) is 33.4 Å². The number of imidazole rings is 1. The highest BCUT2D eigenvalue weighted by Crippen LogP contribution is 2.17. The van der Waals surface area contributed by atoms with Gasteiger partial charge < -0.3 is 9.88 Å². The number of allylic oxidation sites excluding steroid dienone is 1. The SMILES string of the molecule is C/C(=C\C(=O)N[C@H](C)Cn1ccnc1)c1ccccc1C. The molecule has 1 atom stereocenters. The minimum atomic E-state index is -0.0663. The molecule has 0 saturated heterocycles. The molecule has 1 aromatic heterocycles. The number of amides is 1. The van der Waals surface area contributed by atoms with Crippen LogP contribution >= 0.6 is 0 Å². The van der Waals surface area contributed by atoms with Crippen molar-refractivity contribution in [1.29, 1.82) is 0 Å². The summed E-state index contributed by atoms with van der Waals surface area (Å²) < 4.78 is 1.95. The van der Waals surface area contributed by atoms with Crippen molar-refractivity contribution in [3.63, 3.8) is 0 Å². The molecule has 0 aliphatic carbocycles. The molecular formula is C17H21N3O. The second-order valence-corrected chi connectivity index (χ2v) is 5.31. The van der Waals surface area contributed by atoms with Crippen LogP contribution in [0.5, 0.6) is 0 Å². The van der Waals surface area contributed by atoms with E-state index < -0.39 is 0 Å². The zero-order valence-corrected chi connectivity index (χ0v) is 12.7. The van der Waals surface area contributed by atoms with Gasteiger partial charge in [0.1, 0.15) is 0 Å². The smallest absolute Gasteiger partial charge is 0.244 e. The zero-order chi connectivity index (χ0) is 15.2. The molecule has 0 saturated carbocycles. The van der Waals surface area contributed by atoms with Crippen molar-refractivity contribution < 1.29 is 4.79 Å². The number of nitrogens with one attached hydrogen (secondary N) is 1. The monoisotopic (exact) mass is 283 g/mol. The van der Waals surface area contributed by atoms with Crippen LogP contribution in [0.2, 0.25) is 0 Å². The lowest BCUT2D eigenvalue weighted by Crippen LogP contribution is -2.34. The molecule has 4 heteroatoms. The summed E-state index contributed by atoms with van der Waals surface area (Å²) in [6.07, 6.45) is 7.03. The topological polar surface area (TPSA) is 46.9 Å². The molecule has 0 aliphatic rings. The van der Waals surface area contributed by atoms with Gasteiger partial charge in [-0.3, -0.25) is 4.79 Å². The van der Waals surface area contributed by atoms with Crippen LogP contribution in [0.1, 0.15) is 25.0 Å². The largest absolute Gasteiger partial charge is 0.348 e. The highest BCUT2D eigenvalue weighted by atomic mass is 16.1. The Balaban J connectivity index is 1.97. The summed E-state index contributed by atoms with van der Waals surface area (Å²) in [5, 5.41) is 2.97. The fourth-order valence-corrected chi connectivity index (χ4v) is 2.33. The molecule has 2 rings (SSSR count). The first-order chi connectivity index (χ1) is 10.1. The van der Waals surface area contributed by atoms with E-state index in [0.29, 0.717) is 6.54 Å². The number of benzene rings is 1. The minimum Gasteiger partial charge on any atom is -0.348 e. The first kappa shape index (κ1) is 15.0. The number of carbonyl (C=O) groups excluding carboxylic acids is 1. The normalized spacial score (nSPS) is 13.0. The van der Waals surface area contributed by atoms with Crippen molar-refractivity contribution in [3.8, 4) is 0 Å². The Kier molecular flexibility index (Phi) is 4.93. The van der Waals surface area contributed by atoms with Crippen LogP contribution in [-0.4, -0.2) is 21.5 Å². The Morgan fingerprint density at radius 2 is 2.19 bits per heavy atom. The molecule has 1 aromatic carbocycles. The highest BCUT2D eigenvalue weighted by Gasteiger charge is 2.07. The van der Waals surface area contributed by atoms with Crippen molar-refractivity contribution in [2.24, 2.45) is 0 Å². The van der Waals surface area contributed by atoms with Crippen molar-refractivity contribution in [1.82, 2.24) is 14.9 Å². The van der Waals surface area contributed by atoms with Gasteiger partial charge in [-0.05, 0) is 37.5 Å². The summed E-state index contributed by atoms with van der Waals surface area (Å²) in [5.41, 5.74) is 3.25. The number of nitrogens with zero attached hydrogens (tertiary/aromatic N) is 2. The third-order valence-electron chi connectivity index (χ3n) is 3.35. The van der Waals surface area contributed by atoms with E-state index in [4.69, 9.17) is 0 Å². The summed E-state index contributed by atoms with van der Waals surface area (Å²) in [5.74, 6) is -0.0663. The van der Waals surface area contributed by atoms with Crippen LogP contribution in [0.15, 0.2) is 49.1 Å². The van der Waals surface area contributed by atoms with Gasteiger partial charge in [-0.2, -0.15) is 0 Å². The van der Waals surface area contributed by atoms with E-state index in [1.807, 2.05) is 55.8 Å². The summed E-state index contributed by atoms with van der Waals surface area (Å²) in [6.45, 7) is 6.70. The third-order valence-corrected chi connectivity index (χ3v) is 3.35. The lowest BCUT2D eigenvalue weighted by molar-refractivity contribution is -0.117. The molecule has 1 heterocycles. The van der Waals surface area contributed by atoms with Crippen LogP contribution in [0.3, 0.4) is 0 Å². The van der Waals surface area contributed by atoms with E-state index in [9.17, 15) is 4.79 Å². The van der Waals surface area contributed by atoms with Crippen molar-refractivity contribution in [3.05, 3.63) is 60.2 Å². The van der Waals surface area contributed by atoms with Crippen molar-refractivity contribution in [2.75, 3.05) is 0 Å². The van der Waals surface area contributed by atoms with Gasteiger partial charge in [0.2, 0.25) is 5.91 Å². The van der Waals surface area contributed by atoms with Crippen LogP contribution < -0.4 is 5.32 Å². The summed E-state index contributed by atoms with van der Waals surface area (Å²) >= 11 is 0. The van der Waals surface area contributed by atoms with Gasteiger partial charge in [0.15, 0.2) is 0 Å². The van der Waals surface area contributed by atoms with E-state index in [1.54, 1.807) is 18.6 Å². The lowest BCUT2D eigenvalue weighted by atomic mass is 10.0. The van der Waals surface area contributed by atoms with Gasteiger partial charge in [0.05, 0.1) is 6.33 Å². The fraction of sp³-hybridized carbons (Fsp3) is 0.294. The molecule has 0 unspecified atom stereocenters. The number of hydrogen-bond acceptors (Lipinski definition) is 2. The Morgan fingerprint density at radius 1 is 1.43 bits per heavy atom. The molecular weight excluding hydrogens is 262 g/mol. The summed E-state index contributed by atoms with van der Waals surface area (Å²) in [7, 11) is 0. The number of carbonyl (C=O) groups is 1. The molecule has 110 valence electrons. The van der Waals surface area contributed by atoms with Gasteiger partial charge in [0, 0.05) is 31.1 Å². The fourth-order valence-electron chi connectivity index (χ4n) is 2.33. The molecule has 4 nitrogen and oxygen atoms in total. The molecule has 0 bridgehead atoms. The Morgan fingerprint density at radius 3 is 2.86 bits per heavy atom. The second kappa shape index (κ2) is 6.88. The highest BCUT2D eigenvalue weighted by molar-refractivity contribution is 5.95. The van der Waals surface area contributed by atoms with E-state index >= 15 is 0 Å². The average molecular weight is 283 g/mol. The summed E-state index contributed by atoms with van der Waals surface area (Å²) in [4.78, 5) is 16.1. The number of rotatable bonds is 5. The predicted molar refractivity (Wildman–Crippen MR) is 84.7 cm³/mol. The van der Waals surface area contributed by atoms with E-state index in [1.165, 1.54) is 5.56 Å². The van der Waals surface area contributed by atoms with Crippen molar-refractivity contribution >= 4 is 11.5 Å². The first-order valence-corrected chi connectivity index (χ1v) is 7.07. The molecule has 0 aliphatic heterocycles. The minimum absolute atomic E-state index is 0.0487. The zero-order valence-electron chi connectivity index (χ0n) is 12.7. The molecule has 0 radical (unpaired) electrons. The van der Waals surface area contributed by atoms with Crippen LogP contribution in [-0.2, 0) is 11.3 Å². The Labute approximate surface area is 125 Å². The van der Waals surface area contributed by atoms with E-state index in [0.717, 1.165) is 11.1 Å². The second-order valence-electron chi connectivity index (χ2n) is 5.31. The van der Waals surface area contributed by atoms with Crippen LogP contribution in [0.4, 0.5) is 0 Å². The molecule has 21 heavy (non-hydrogen) atoms. The maximum atomic E-state index is 12.1. The van der Waals surface area contributed by atoms with Crippen LogP contribution in [0.25, 0.3) is 5.57 Å². The molecule has 2 aromatic rings. The molecule has 1 amide bonds. The van der Waals surface area contributed by atoms with E-state index in [-0.39, 0.29) is 11.9 Å². The maximum absolute atomic E-state index is 12.1. The average Bonchev–Trinajstić information content (AvgIpc) is 2.91. The number of hydrogen-bond donors (Lipinski definition) is 1. The van der Waals surface area contributed by atoms with Gasteiger partial charge in [-0.15, -0.1) is 0 Å². The van der Waals surface area contributed by atoms with Gasteiger partial charge in [-0.25, -0.2) is 4.98 Å². The Hall–Kier alpha value is -2.36. The lowest BCUT2D eigenvalue weighted by Gasteiger charge is -2.13. The molecule has 0 spiro atoms. The quantitative estimate of drug-likeness (QED) is 0.858. The third kappa shape index (κ3) is 4.31. The number of aromatic nitrogens is 2. The predicted octanol–water partition coefficient (Wildman–Crippen LogP) is 2.80. The number of aryl methyl sites for hydroxylation is 1. The van der Waals surface area contributed by atoms with Gasteiger partial charge in [0.25, 0.3) is 0 Å². The van der Waals surface area contributed by atoms with Gasteiger partial charge >= 0.3 is 0 Å². The first-order valence-electron chi connectivity index (χ1n) is 7.07. The van der Waals surface area contributed by atoms with E-state index in [2.05, 4.69) is 10.3 Å². The molecule has 1 N–H and O–H groups in total. The molecule has 0 fully saturated rings.